The van der Waals surface area contributed by atoms with Crippen molar-refractivity contribution in [2.24, 2.45) is 0 Å². The maximum atomic E-state index is 12.3. The molecule has 3 rings (SSSR count). The molecule has 2 aromatic heterocycles. The van der Waals surface area contributed by atoms with Crippen LogP contribution >= 0.6 is 0 Å². The molecule has 0 bridgehead atoms. The molecule has 3 aromatic rings. The van der Waals surface area contributed by atoms with E-state index in [0.29, 0.717) is 18.1 Å². The molecule has 0 radical (unpaired) electrons. The van der Waals surface area contributed by atoms with Crippen LogP contribution in [-0.4, -0.2) is 21.6 Å². The monoisotopic (exact) mass is 363 g/mol. The highest BCUT2D eigenvalue weighted by molar-refractivity contribution is 5.48. The van der Waals surface area contributed by atoms with Crippen molar-refractivity contribution in [1.82, 2.24) is 15.0 Å². The van der Waals surface area contributed by atoms with Crippen LogP contribution in [0.15, 0.2) is 58.3 Å². The van der Waals surface area contributed by atoms with E-state index in [-0.39, 0.29) is 21.8 Å². The van der Waals surface area contributed by atoms with E-state index in [4.69, 9.17) is 4.74 Å². The normalized spacial score (nSPS) is 12.3. The summed E-state index contributed by atoms with van der Waals surface area (Å²) in [4.78, 5) is 34.1. The van der Waals surface area contributed by atoms with Gasteiger partial charge in [0.05, 0.1) is 18.5 Å². The molecular weight excluding hydrogens is 342 g/mol. The predicted molar refractivity (Wildman–Crippen MR) is 105 cm³/mol. The summed E-state index contributed by atoms with van der Waals surface area (Å²) in [6.07, 6.45) is 6.81. The lowest BCUT2D eigenvalue weighted by Crippen LogP contribution is -2.46. The Morgan fingerprint density at radius 1 is 0.963 bits per heavy atom. The van der Waals surface area contributed by atoms with Gasteiger partial charge in [-0.25, -0.2) is 0 Å². The summed E-state index contributed by atoms with van der Waals surface area (Å²) in [5, 5.41) is 0.355. The summed E-state index contributed by atoms with van der Waals surface area (Å²) in [5.41, 5.74) is 0.626. The van der Waals surface area contributed by atoms with E-state index in [2.05, 4.69) is 21.9 Å². The number of nitrogens with zero attached hydrogens (tertiary/aromatic N) is 1. The minimum absolute atomic E-state index is 0.150. The van der Waals surface area contributed by atoms with Crippen LogP contribution in [0.25, 0.3) is 12.2 Å². The van der Waals surface area contributed by atoms with Crippen LogP contribution in [0.4, 0.5) is 0 Å². The van der Waals surface area contributed by atoms with E-state index in [1.807, 2.05) is 30.3 Å². The van der Waals surface area contributed by atoms with Crippen LogP contribution < -0.4 is 26.6 Å². The van der Waals surface area contributed by atoms with Crippen LogP contribution in [0, 0.1) is 0 Å². The van der Waals surface area contributed by atoms with Gasteiger partial charge in [-0.15, -0.1) is 0 Å². The highest BCUT2D eigenvalue weighted by atomic mass is 16.5. The van der Waals surface area contributed by atoms with E-state index in [1.165, 1.54) is 6.08 Å². The molecular formula is C21H21N3O3. The van der Waals surface area contributed by atoms with E-state index < -0.39 is 0 Å². The molecule has 0 aliphatic heterocycles. The number of unbranched alkanes of at least 4 members (excludes halogenated alkanes) is 1. The average Bonchev–Trinajstić information content (AvgIpc) is 2.68. The highest BCUT2D eigenvalue weighted by Gasteiger charge is 1.99. The summed E-state index contributed by atoms with van der Waals surface area (Å²) in [7, 11) is 0. The number of rotatable bonds is 6. The van der Waals surface area contributed by atoms with Crippen molar-refractivity contribution >= 4 is 12.2 Å². The van der Waals surface area contributed by atoms with Crippen molar-refractivity contribution in [3.05, 3.63) is 91.3 Å². The number of aromatic amines is 2. The number of hydrogen-bond acceptors (Lipinski definition) is 4. The zero-order chi connectivity index (χ0) is 19.1. The number of H-pyrrole nitrogens is 2. The van der Waals surface area contributed by atoms with Crippen LogP contribution in [0.5, 0.6) is 5.75 Å². The van der Waals surface area contributed by atoms with Gasteiger partial charge in [-0.05, 0) is 36.3 Å². The number of benzene rings is 1. The first-order valence-electron chi connectivity index (χ1n) is 8.85. The van der Waals surface area contributed by atoms with Gasteiger partial charge in [0, 0.05) is 0 Å². The molecule has 2 N–H and O–H groups in total. The standard InChI is InChI=1S/C21H21N3O3/c1-2-3-11-27-17-10-9-16(22-14-17)13-19-21(26)23-18(20(25)24-19)12-15-7-5-4-6-8-15/h4-10,12-14H,2-3,11H2,1H3,(H,23,26)(H,24,25). The molecule has 0 aliphatic rings. The Kier molecular flexibility index (Phi) is 5.99. The molecule has 0 aliphatic carbocycles. The van der Waals surface area contributed by atoms with Gasteiger partial charge in [0.2, 0.25) is 0 Å². The Morgan fingerprint density at radius 2 is 1.67 bits per heavy atom. The fourth-order valence-corrected chi connectivity index (χ4v) is 2.46. The number of nitrogens with one attached hydrogen (secondary N) is 2. The fraction of sp³-hybridized carbons (Fsp3) is 0.190. The molecule has 138 valence electrons. The van der Waals surface area contributed by atoms with Crippen molar-refractivity contribution in [3.63, 3.8) is 0 Å². The lowest BCUT2D eigenvalue weighted by molar-refractivity contribution is 0.308. The van der Waals surface area contributed by atoms with Crippen molar-refractivity contribution in [3.8, 4) is 5.75 Å². The quantitative estimate of drug-likeness (QED) is 0.646. The topological polar surface area (TPSA) is 87.8 Å². The van der Waals surface area contributed by atoms with Crippen molar-refractivity contribution in [2.75, 3.05) is 6.61 Å². The van der Waals surface area contributed by atoms with Gasteiger partial charge in [0.15, 0.2) is 0 Å². The lowest BCUT2D eigenvalue weighted by atomic mass is 10.2. The van der Waals surface area contributed by atoms with Gasteiger partial charge in [-0.2, -0.15) is 0 Å². The predicted octanol–water partition coefficient (Wildman–Crippen LogP) is 1.29. The Labute approximate surface area is 155 Å². The van der Waals surface area contributed by atoms with Crippen LogP contribution in [0.3, 0.4) is 0 Å². The first-order valence-corrected chi connectivity index (χ1v) is 8.85. The first kappa shape index (κ1) is 18.4. The van der Waals surface area contributed by atoms with Gasteiger partial charge in [0.25, 0.3) is 11.1 Å². The molecule has 1 aromatic carbocycles. The maximum Gasteiger partial charge on any atom is 0.272 e. The molecule has 0 saturated heterocycles. The smallest absolute Gasteiger partial charge is 0.272 e. The second kappa shape index (κ2) is 8.80. The second-order valence-electron chi connectivity index (χ2n) is 6.06. The summed E-state index contributed by atoms with van der Waals surface area (Å²) in [6, 6.07) is 12.8. The molecule has 0 amide bonds. The zero-order valence-corrected chi connectivity index (χ0v) is 15.1. The second-order valence-corrected chi connectivity index (χ2v) is 6.06. The molecule has 2 heterocycles. The largest absolute Gasteiger partial charge is 0.492 e. The number of ether oxygens (including phenoxy) is 1. The van der Waals surface area contributed by atoms with E-state index in [9.17, 15) is 9.59 Å². The van der Waals surface area contributed by atoms with Crippen LogP contribution in [-0.2, 0) is 0 Å². The maximum absolute atomic E-state index is 12.3. The number of pyridine rings is 1. The van der Waals surface area contributed by atoms with Crippen LogP contribution in [0.2, 0.25) is 0 Å². The van der Waals surface area contributed by atoms with Gasteiger partial charge < -0.3 is 14.7 Å². The highest BCUT2D eigenvalue weighted by Crippen LogP contribution is 2.09. The average molecular weight is 363 g/mol. The first-order chi connectivity index (χ1) is 13.2. The number of hydrogen-bond donors (Lipinski definition) is 2. The molecule has 0 saturated carbocycles. The molecule has 0 spiro atoms. The van der Waals surface area contributed by atoms with Crippen molar-refractivity contribution in [2.45, 2.75) is 19.8 Å². The van der Waals surface area contributed by atoms with Gasteiger partial charge >= 0.3 is 0 Å². The fourth-order valence-electron chi connectivity index (χ4n) is 2.46. The lowest BCUT2D eigenvalue weighted by Gasteiger charge is -2.04. The molecule has 27 heavy (non-hydrogen) atoms. The zero-order valence-electron chi connectivity index (χ0n) is 15.1. The Hall–Kier alpha value is -3.41. The third-order valence-electron chi connectivity index (χ3n) is 3.91. The van der Waals surface area contributed by atoms with Gasteiger partial charge in [0.1, 0.15) is 16.4 Å². The summed E-state index contributed by atoms with van der Waals surface area (Å²) < 4.78 is 5.56. The van der Waals surface area contributed by atoms with E-state index >= 15 is 0 Å². The van der Waals surface area contributed by atoms with Crippen molar-refractivity contribution < 1.29 is 4.74 Å². The van der Waals surface area contributed by atoms with Gasteiger partial charge in [-0.3, -0.25) is 14.6 Å². The molecule has 6 nitrogen and oxygen atoms in total. The molecule has 0 fully saturated rings. The van der Waals surface area contributed by atoms with Crippen molar-refractivity contribution in [1.29, 1.82) is 0 Å². The Morgan fingerprint density at radius 3 is 2.30 bits per heavy atom. The molecule has 0 unspecified atom stereocenters. The molecule has 0 atom stereocenters. The number of aromatic nitrogens is 3. The summed E-state index contributed by atoms with van der Waals surface area (Å²) in [6.45, 7) is 2.74. The van der Waals surface area contributed by atoms with E-state index in [1.54, 1.807) is 24.4 Å². The summed E-state index contributed by atoms with van der Waals surface area (Å²) >= 11 is 0. The minimum Gasteiger partial charge on any atom is -0.492 e. The summed E-state index contributed by atoms with van der Waals surface area (Å²) in [5.74, 6) is 0.677. The Balaban J connectivity index is 1.89. The third-order valence-corrected chi connectivity index (χ3v) is 3.91. The van der Waals surface area contributed by atoms with Crippen LogP contribution in [0.1, 0.15) is 31.0 Å². The molecule has 6 heteroatoms. The third kappa shape index (κ3) is 5.04. The van der Waals surface area contributed by atoms with E-state index in [0.717, 1.165) is 18.4 Å². The van der Waals surface area contributed by atoms with Gasteiger partial charge in [-0.1, -0.05) is 43.7 Å². The minimum atomic E-state index is -0.387. The SMILES string of the molecule is CCCCOc1ccc(C=c2[nH]c(=O)c(=Cc3ccccc3)[nH]c2=O)nc1. The Bertz CT molecular complexity index is 1110.